The van der Waals surface area contributed by atoms with Gasteiger partial charge in [-0.2, -0.15) is 0 Å². The van der Waals surface area contributed by atoms with Gasteiger partial charge in [-0.25, -0.2) is 4.99 Å². The molecule has 5 heteroatoms. The molecule has 1 aromatic heterocycles. The van der Waals surface area contributed by atoms with Gasteiger partial charge < -0.3 is 9.42 Å². The monoisotopic (exact) mass is 243 g/mol. The third kappa shape index (κ3) is 2.45. The van der Waals surface area contributed by atoms with Gasteiger partial charge >= 0.3 is 0 Å². The van der Waals surface area contributed by atoms with E-state index >= 15 is 0 Å². The second-order valence-corrected chi connectivity index (χ2v) is 3.94. The van der Waals surface area contributed by atoms with Crippen LogP contribution in [0.3, 0.4) is 0 Å². The van der Waals surface area contributed by atoms with Gasteiger partial charge in [0.1, 0.15) is 11.3 Å². The summed E-state index contributed by atoms with van der Waals surface area (Å²) in [6, 6.07) is 9.38. The Bertz CT molecular complexity index is 559. The number of hydrogen-bond acceptors (Lipinski definition) is 4. The van der Waals surface area contributed by atoms with Gasteiger partial charge in [0, 0.05) is 19.7 Å². The Morgan fingerprint density at radius 1 is 1.28 bits per heavy atom. The minimum absolute atomic E-state index is 0.220. The summed E-state index contributed by atoms with van der Waals surface area (Å²) in [5, 5.41) is 3.90. The van der Waals surface area contributed by atoms with Crippen molar-refractivity contribution >= 4 is 18.5 Å². The first-order valence-corrected chi connectivity index (χ1v) is 5.43. The molecule has 0 atom stereocenters. The number of carbonyl (C=O) groups is 1. The van der Waals surface area contributed by atoms with Gasteiger partial charge in [0.05, 0.1) is 6.34 Å². The van der Waals surface area contributed by atoms with Gasteiger partial charge in [-0.3, -0.25) is 4.79 Å². The Balaban J connectivity index is 2.42. The number of aliphatic imine (C=N–C) groups is 1. The van der Waals surface area contributed by atoms with Crippen LogP contribution < -0.4 is 0 Å². The van der Waals surface area contributed by atoms with E-state index in [0.29, 0.717) is 17.5 Å². The standard InChI is InChI=1S/C13H13N3O2/c1-16(2)9-14-13-11(8-17)12(15-18-13)10-6-4-3-5-7-10/h3-9H,1-2H3. The van der Waals surface area contributed by atoms with Gasteiger partial charge in [0.25, 0.3) is 5.88 Å². The molecule has 0 fully saturated rings. The van der Waals surface area contributed by atoms with Crippen LogP contribution >= 0.6 is 0 Å². The number of hydrogen-bond donors (Lipinski definition) is 0. The Hall–Kier alpha value is -2.43. The van der Waals surface area contributed by atoms with Crippen molar-refractivity contribution in [3.8, 4) is 11.3 Å². The number of aldehydes is 1. The van der Waals surface area contributed by atoms with Crippen LogP contribution in [-0.2, 0) is 0 Å². The molecule has 18 heavy (non-hydrogen) atoms. The molecule has 0 bridgehead atoms. The third-order valence-electron chi connectivity index (χ3n) is 2.28. The highest BCUT2D eigenvalue weighted by molar-refractivity contribution is 5.91. The quantitative estimate of drug-likeness (QED) is 0.470. The lowest BCUT2D eigenvalue weighted by Crippen LogP contribution is -2.07. The van der Waals surface area contributed by atoms with Crippen molar-refractivity contribution in [1.29, 1.82) is 0 Å². The maximum Gasteiger partial charge on any atom is 0.263 e. The van der Waals surface area contributed by atoms with E-state index in [1.54, 1.807) is 11.2 Å². The summed E-state index contributed by atoms with van der Waals surface area (Å²) >= 11 is 0. The van der Waals surface area contributed by atoms with Crippen LogP contribution in [0.1, 0.15) is 10.4 Å². The average Bonchev–Trinajstić information content (AvgIpc) is 2.80. The Morgan fingerprint density at radius 2 is 2.00 bits per heavy atom. The highest BCUT2D eigenvalue weighted by Crippen LogP contribution is 2.28. The molecule has 0 aliphatic carbocycles. The molecular weight excluding hydrogens is 230 g/mol. The predicted octanol–water partition coefficient (Wildman–Crippen LogP) is 2.38. The highest BCUT2D eigenvalue weighted by Gasteiger charge is 2.15. The van der Waals surface area contributed by atoms with Crippen LogP contribution in [0.25, 0.3) is 11.3 Å². The fourth-order valence-electron chi connectivity index (χ4n) is 1.46. The summed E-state index contributed by atoms with van der Waals surface area (Å²) in [6.07, 6.45) is 2.27. The van der Waals surface area contributed by atoms with Crippen molar-refractivity contribution in [1.82, 2.24) is 10.1 Å². The van der Waals surface area contributed by atoms with Crippen LogP contribution in [0, 0.1) is 0 Å². The average molecular weight is 243 g/mol. The third-order valence-corrected chi connectivity index (χ3v) is 2.28. The van der Waals surface area contributed by atoms with Crippen molar-refractivity contribution in [2.24, 2.45) is 4.99 Å². The first-order valence-electron chi connectivity index (χ1n) is 5.43. The molecule has 0 spiro atoms. The van der Waals surface area contributed by atoms with Crippen LogP contribution in [0.4, 0.5) is 5.88 Å². The van der Waals surface area contributed by atoms with Crippen LogP contribution in [0.5, 0.6) is 0 Å². The molecular formula is C13H13N3O2. The fourth-order valence-corrected chi connectivity index (χ4v) is 1.46. The molecule has 0 amide bonds. The highest BCUT2D eigenvalue weighted by atomic mass is 16.5. The Morgan fingerprint density at radius 3 is 2.61 bits per heavy atom. The summed E-state index contributed by atoms with van der Waals surface area (Å²) < 4.78 is 5.09. The largest absolute Gasteiger partial charge is 0.369 e. The maximum atomic E-state index is 11.1. The SMILES string of the molecule is CN(C)C=Nc1onc(-c2ccccc2)c1C=O. The van der Waals surface area contributed by atoms with E-state index in [2.05, 4.69) is 10.1 Å². The van der Waals surface area contributed by atoms with Crippen molar-refractivity contribution < 1.29 is 9.32 Å². The van der Waals surface area contributed by atoms with Crippen molar-refractivity contribution in [2.45, 2.75) is 0 Å². The normalized spacial score (nSPS) is 10.8. The predicted molar refractivity (Wildman–Crippen MR) is 69.2 cm³/mol. The van der Waals surface area contributed by atoms with Gasteiger partial charge in [0.15, 0.2) is 6.29 Å². The molecule has 0 N–H and O–H groups in total. The van der Waals surface area contributed by atoms with E-state index < -0.39 is 0 Å². The topological polar surface area (TPSA) is 58.7 Å². The fraction of sp³-hybridized carbons (Fsp3) is 0.154. The van der Waals surface area contributed by atoms with Crippen molar-refractivity contribution in [2.75, 3.05) is 14.1 Å². The zero-order valence-corrected chi connectivity index (χ0v) is 10.2. The lowest BCUT2D eigenvalue weighted by atomic mass is 10.1. The van der Waals surface area contributed by atoms with Crippen LogP contribution in [-0.4, -0.2) is 36.8 Å². The Kier molecular flexibility index (Phi) is 3.52. The number of aromatic nitrogens is 1. The number of nitrogens with zero attached hydrogens (tertiary/aromatic N) is 3. The first-order chi connectivity index (χ1) is 8.72. The first kappa shape index (κ1) is 12.0. The van der Waals surface area contributed by atoms with E-state index in [4.69, 9.17) is 4.52 Å². The van der Waals surface area contributed by atoms with Gasteiger partial charge in [-0.1, -0.05) is 35.5 Å². The van der Waals surface area contributed by atoms with E-state index in [0.717, 1.165) is 5.56 Å². The molecule has 0 radical (unpaired) electrons. The van der Waals surface area contributed by atoms with Crippen molar-refractivity contribution in [3.63, 3.8) is 0 Å². The summed E-state index contributed by atoms with van der Waals surface area (Å²) in [4.78, 5) is 17.0. The minimum atomic E-state index is 0.220. The maximum absolute atomic E-state index is 11.1. The zero-order chi connectivity index (χ0) is 13.0. The molecule has 5 nitrogen and oxygen atoms in total. The van der Waals surface area contributed by atoms with Crippen molar-refractivity contribution in [3.05, 3.63) is 35.9 Å². The molecule has 0 saturated carbocycles. The van der Waals surface area contributed by atoms with E-state index in [-0.39, 0.29) is 5.88 Å². The molecule has 0 unspecified atom stereocenters. The lowest BCUT2D eigenvalue weighted by molar-refractivity contribution is 0.112. The van der Waals surface area contributed by atoms with Gasteiger partial charge in [-0.05, 0) is 0 Å². The summed E-state index contributed by atoms with van der Waals surface area (Å²) in [5.74, 6) is 0.220. The lowest BCUT2D eigenvalue weighted by Gasteiger charge is -2.00. The second kappa shape index (κ2) is 5.27. The molecule has 2 aromatic rings. The van der Waals surface area contributed by atoms with Gasteiger partial charge in [-0.15, -0.1) is 0 Å². The van der Waals surface area contributed by atoms with Crippen LogP contribution in [0.2, 0.25) is 0 Å². The number of benzene rings is 1. The molecule has 0 saturated heterocycles. The summed E-state index contributed by atoms with van der Waals surface area (Å²) in [5.41, 5.74) is 1.70. The molecule has 1 heterocycles. The number of rotatable bonds is 4. The Labute approximate surface area is 105 Å². The molecule has 92 valence electrons. The minimum Gasteiger partial charge on any atom is -0.369 e. The second-order valence-electron chi connectivity index (χ2n) is 3.94. The van der Waals surface area contributed by atoms with Crippen LogP contribution in [0.15, 0.2) is 39.8 Å². The molecule has 0 aliphatic rings. The van der Waals surface area contributed by atoms with E-state index in [9.17, 15) is 4.79 Å². The number of carbonyl (C=O) groups excluding carboxylic acids is 1. The van der Waals surface area contributed by atoms with Gasteiger partial charge in [0.2, 0.25) is 0 Å². The zero-order valence-electron chi connectivity index (χ0n) is 10.2. The molecule has 1 aromatic carbocycles. The molecule has 0 aliphatic heterocycles. The summed E-state index contributed by atoms with van der Waals surface area (Å²) in [6.45, 7) is 0. The van der Waals surface area contributed by atoms with E-state index in [1.807, 2.05) is 44.4 Å². The smallest absolute Gasteiger partial charge is 0.263 e. The summed E-state index contributed by atoms with van der Waals surface area (Å²) in [7, 11) is 3.66. The molecule has 2 rings (SSSR count). The van der Waals surface area contributed by atoms with E-state index in [1.165, 1.54) is 0 Å².